The number of carbonyl (C=O) groups is 2. The van der Waals surface area contributed by atoms with Crippen LogP contribution in [0.3, 0.4) is 0 Å². The van der Waals surface area contributed by atoms with Crippen LogP contribution in [0.15, 0.2) is 24.4 Å². The number of amides is 2. The molecule has 2 aliphatic rings. The van der Waals surface area contributed by atoms with Crippen molar-refractivity contribution in [1.82, 2.24) is 9.88 Å². The van der Waals surface area contributed by atoms with Gasteiger partial charge >= 0.3 is 0 Å². The molecule has 1 saturated heterocycles. The number of rotatable bonds is 3. The van der Waals surface area contributed by atoms with Crippen molar-refractivity contribution in [3.05, 3.63) is 52.6 Å². The minimum absolute atomic E-state index is 0.0208. The van der Waals surface area contributed by atoms with Gasteiger partial charge < -0.3 is 14.5 Å². The molecule has 7 heteroatoms. The second-order valence-electron chi connectivity index (χ2n) is 8.18. The number of nitrogens with zero attached hydrogens (tertiary/aromatic N) is 3. The van der Waals surface area contributed by atoms with Crippen molar-refractivity contribution in [3.63, 3.8) is 0 Å². The molecule has 158 valence electrons. The number of hydrogen-bond acceptors (Lipinski definition) is 4. The summed E-state index contributed by atoms with van der Waals surface area (Å²) in [6.45, 7) is 8.58. The highest BCUT2D eigenvalue weighted by atomic mass is 19.1. The summed E-state index contributed by atoms with van der Waals surface area (Å²) in [5.74, 6) is -0.531. The molecule has 30 heavy (non-hydrogen) atoms. The van der Waals surface area contributed by atoms with Crippen LogP contribution in [0.5, 0.6) is 5.75 Å². The first kappa shape index (κ1) is 20.3. The molecule has 0 spiro atoms. The highest BCUT2D eigenvalue weighted by molar-refractivity contribution is 6.00. The Morgan fingerprint density at radius 3 is 2.77 bits per heavy atom. The quantitative estimate of drug-likeness (QED) is 0.776. The van der Waals surface area contributed by atoms with Crippen LogP contribution in [-0.2, 0) is 16.1 Å². The van der Waals surface area contributed by atoms with E-state index in [9.17, 15) is 9.59 Å². The Hall–Kier alpha value is -2.96. The van der Waals surface area contributed by atoms with Gasteiger partial charge in [-0.3, -0.25) is 14.6 Å². The normalized spacial score (nSPS) is 20.9. The van der Waals surface area contributed by atoms with Gasteiger partial charge in [0, 0.05) is 37.8 Å². The maximum atomic E-state index is 15.1. The van der Waals surface area contributed by atoms with Gasteiger partial charge in [0.2, 0.25) is 5.91 Å². The summed E-state index contributed by atoms with van der Waals surface area (Å²) < 4.78 is 20.7. The zero-order valence-electron chi connectivity index (χ0n) is 17.7. The Morgan fingerprint density at radius 2 is 2.10 bits per heavy atom. The topological polar surface area (TPSA) is 62.7 Å². The maximum absolute atomic E-state index is 15.1. The van der Waals surface area contributed by atoms with Crippen molar-refractivity contribution in [2.75, 3.05) is 18.0 Å². The van der Waals surface area contributed by atoms with Crippen LogP contribution >= 0.6 is 0 Å². The molecule has 2 aliphatic heterocycles. The maximum Gasteiger partial charge on any atom is 0.268 e. The highest BCUT2D eigenvalue weighted by Gasteiger charge is 2.36. The van der Waals surface area contributed by atoms with E-state index in [2.05, 4.69) is 4.98 Å². The number of carbonyl (C=O) groups excluding carboxylic acids is 2. The van der Waals surface area contributed by atoms with Crippen molar-refractivity contribution in [2.24, 2.45) is 0 Å². The Bertz CT molecular complexity index is 1000. The number of ether oxygens (including phenoxy) is 1. The average molecular weight is 411 g/mol. The van der Waals surface area contributed by atoms with Crippen LogP contribution in [-0.4, -0.2) is 40.9 Å². The number of likely N-dealkylation sites (tertiary alicyclic amines) is 1. The molecule has 4 rings (SSSR count). The van der Waals surface area contributed by atoms with Gasteiger partial charge in [-0.05, 0) is 62.1 Å². The molecule has 1 aromatic carbocycles. The minimum Gasteiger partial charge on any atom is -0.476 e. The Kier molecular flexibility index (Phi) is 5.22. The number of aryl methyl sites for hydroxylation is 2. The molecule has 1 fully saturated rings. The summed E-state index contributed by atoms with van der Waals surface area (Å²) >= 11 is 0. The van der Waals surface area contributed by atoms with E-state index in [4.69, 9.17) is 4.74 Å². The molecule has 0 bridgehead atoms. The summed E-state index contributed by atoms with van der Waals surface area (Å²) in [6, 6.07) is 5.23. The fourth-order valence-corrected chi connectivity index (χ4v) is 4.32. The number of halogens is 1. The van der Waals surface area contributed by atoms with Crippen molar-refractivity contribution in [3.8, 4) is 5.75 Å². The lowest BCUT2D eigenvalue weighted by Gasteiger charge is -2.34. The molecule has 6 nitrogen and oxygen atoms in total. The van der Waals surface area contributed by atoms with Crippen LogP contribution in [0.2, 0.25) is 0 Å². The predicted molar refractivity (Wildman–Crippen MR) is 111 cm³/mol. The van der Waals surface area contributed by atoms with Gasteiger partial charge in [0.25, 0.3) is 5.91 Å². The number of pyridine rings is 1. The number of aromatic nitrogens is 1. The van der Waals surface area contributed by atoms with E-state index < -0.39 is 11.9 Å². The zero-order chi connectivity index (χ0) is 21.6. The summed E-state index contributed by atoms with van der Waals surface area (Å²) in [5.41, 5.74) is 4.04. The van der Waals surface area contributed by atoms with Gasteiger partial charge in [-0.2, -0.15) is 0 Å². The van der Waals surface area contributed by atoms with Gasteiger partial charge in [0.05, 0.1) is 12.2 Å². The van der Waals surface area contributed by atoms with Gasteiger partial charge in [-0.1, -0.05) is 0 Å². The molecule has 2 atom stereocenters. The fraction of sp³-hybridized carbons (Fsp3) is 0.435. The second-order valence-corrected chi connectivity index (χ2v) is 8.18. The molecular formula is C23H26FN3O3. The SMILES string of the molecule is CC(=O)N1CCC(c2cc(F)c3c(c2)N(Cc2c(C)ccnc2C)C(=O)[C@@H](C)O3)C1. The molecule has 2 amide bonds. The Balaban J connectivity index is 1.74. The molecular weight excluding hydrogens is 385 g/mol. The largest absolute Gasteiger partial charge is 0.476 e. The lowest BCUT2D eigenvalue weighted by Crippen LogP contribution is -2.44. The molecule has 1 aromatic heterocycles. The van der Waals surface area contributed by atoms with E-state index in [-0.39, 0.29) is 23.5 Å². The van der Waals surface area contributed by atoms with Crippen molar-refractivity contribution in [2.45, 2.75) is 52.7 Å². The zero-order valence-corrected chi connectivity index (χ0v) is 17.7. The summed E-state index contributed by atoms with van der Waals surface area (Å²) in [7, 11) is 0. The van der Waals surface area contributed by atoms with Crippen molar-refractivity contribution >= 4 is 17.5 Å². The summed E-state index contributed by atoms with van der Waals surface area (Å²) in [5, 5.41) is 0. The van der Waals surface area contributed by atoms with Gasteiger partial charge in [-0.15, -0.1) is 0 Å². The summed E-state index contributed by atoms with van der Waals surface area (Å²) in [4.78, 5) is 32.4. The number of anilines is 1. The second kappa shape index (κ2) is 7.70. The van der Waals surface area contributed by atoms with Crippen molar-refractivity contribution < 1.29 is 18.7 Å². The molecule has 0 aliphatic carbocycles. The Morgan fingerprint density at radius 1 is 1.33 bits per heavy atom. The van der Waals surface area contributed by atoms with Gasteiger partial charge in [-0.25, -0.2) is 4.39 Å². The molecule has 2 aromatic rings. The van der Waals surface area contributed by atoms with Crippen LogP contribution in [0, 0.1) is 19.7 Å². The highest BCUT2D eigenvalue weighted by Crippen LogP contribution is 2.41. The predicted octanol–water partition coefficient (Wildman–Crippen LogP) is 3.49. The average Bonchev–Trinajstić information content (AvgIpc) is 3.19. The van der Waals surface area contributed by atoms with Crippen LogP contribution in [0.1, 0.15) is 48.6 Å². The third-order valence-corrected chi connectivity index (χ3v) is 6.17. The number of benzene rings is 1. The fourth-order valence-electron chi connectivity index (χ4n) is 4.32. The van der Waals surface area contributed by atoms with Crippen molar-refractivity contribution in [1.29, 1.82) is 0 Å². The van der Waals surface area contributed by atoms with Crippen LogP contribution in [0.4, 0.5) is 10.1 Å². The lowest BCUT2D eigenvalue weighted by molar-refractivity contribution is -0.128. The molecule has 3 heterocycles. The third kappa shape index (κ3) is 3.53. The minimum atomic E-state index is -0.769. The number of fused-ring (bicyclic) bond motifs is 1. The summed E-state index contributed by atoms with van der Waals surface area (Å²) in [6.07, 6.45) is 1.74. The molecule has 1 unspecified atom stereocenters. The van der Waals surface area contributed by atoms with Crippen LogP contribution in [0.25, 0.3) is 0 Å². The third-order valence-electron chi connectivity index (χ3n) is 6.17. The first-order chi connectivity index (χ1) is 14.3. The van der Waals surface area contributed by atoms with Gasteiger partial charge in [0.1, 0.15) is 0 Å². The Labute approximate surface area is 175 Å². The van der Waals surface area contributed by atoms with E-state index in [1.165, 1.54) is 6.07 Å². The lowest BCUT2D eigenvalue weighted by atomic mass is 9.96. The molecule has 0 N–H and O–H groups in total. The van der Waals surface area contributed by atoms with E-state index in [0.717, 1.165) is 28.8 Å². The van der Waals surface area contributed by atoms with Gasteiger partial charge in [0.15, 0.2) is 17.7 Å². The smallest absolute Gasteiger partial charge is 0.268 e. The number of hydrogen-bond donors (Lipinski definition) is 0. The van der Waals surface area contributed by atoms with E-state index in [1.807, 2.05) is 26.0 Å². The first-order valence-corrected chi connectivity index (χ1v) is 10.2. The van der Waals surface area contributed by atoms with E-state index in [1.54, 1.807) is 29.8 Å². The van der Waals surface area contributed by atoms with E-state index >= 15 is 4.39 Å². The molecule has 0 saturated carbocycles. The molecule has 0 radical (unpaired) electrons. The first-order valence-electron chi connectivity index (χ1n) is 10.2. The van der Waals surface area contributed by atoms with Crippen LogP contribution < -0.4 is 9.64 Å². The standard InChI is InChI=1S/C23H26FN3O3/c1-13-5-7-25-14(2)19(13)12-27-21-10-18(17-6-8-26(11-17)16(4)28)9-20(24)22(21)30-15(3)23(27)29/h5,7,9-10,15,17H,6,8,11-12H2,1-4H3/t15-,17?/m1/s1. The van der Waals surface area contributed by atoms with E-state index in [0.29, 0.717) is 25.3 Å². The monoisotopic (exact) mass is 411 g/mol.